The summed E-state index contributed by atoms with van der Waals surface area (Å²) in [6.45, 7) is 4.18. The number of hydrogen-bond acceptors (Lipinski definition) is 4. The maximum absolute atomic E-state index is 13.4. The van der Waals surface area contributed by atoms with Crippen molar-refractivity contribution in [2.45, 2.75) is 20.3 Å². The molecule has 168 valence electrons. The highest BCUT2D eigenvalue weighted by Crippen LogP contribution is 2.32. The molecule has 0 radical (unpaired) electrons. The molecular weight excluding hydrogens is 419 g/mol. The molecule has 0 spiro atoms. The predicted octanol–water partition coefficient (Wildman–Crippen LogP) is 4.89. The van der Waals surface area contributed by atoms with Crippen molar-refractivity contribution in [3.63, 3.8) is 0 Å². The van der Waals surface area contributed by atoms with Crippen molar-refractivity contribution in [3.05, 3.63) is 100 Å². The molecule has 1 aliphatic rings. The molecule has 3 aromatic carbocycles. The van der Waals surface area contributed by atoms with Crippen LogP contribution in [0.3, 0.4) is 0 Å². The van der Waals surface area contributed by atoms with Crippen LogP contribution in [-0.2, 0) is 16.0 Å². The van der Waals surface area contributed by atoms with Crippen LogP contribution in [0, 0.1) is 19.7 Å². The summed E-state index contributed by atoms with van der Waals surface area (Å²) < 4.78 is 18.4. The van der Waals surface area contributed by atoms with E-state index in [1.807, 2.05) is 32.0 Å². The lowest BCUT2D eigenvalue weighted by Crippen LogP contribution is -2.34. The van der Waals surface area contributed by atoms with Gasteiger partial charge in [0.05, 0.1) is 12.7 Å². The Labute approximate surface area is 192 Å². The summed E-state index contributed by atoms with van der Waals surface area (Å²) in [4.78, 5) is 28.0. The molecule has 0 unspecified atom stereocenters. The van der Waals surface area contributed by atoms with Crippen molar-refractivity contribution >= 4 is 23.1 Å². The number of nitrogens with one attached hydrogen (secondary N) is 1. The Hall–Kier alpha value is -3.93. The van der Waals surface area contributed by atoms with Gasteiger partial charge in [-0.15, -0.1) is 0 Å². The van der Waals surface area contributed by atoms with Gasteiger partial charge in [0, 0.05) is 12.2 Å². The topological polar surface area (TPSA) is 58.6 Å². The molecule has 0 saturated carbocycles. The molecule has 1 aliphatic heterocycles. The van der Waals surface area contributed by atoms with Crippen LogP contribution < -0.4 is 10.1 Å². The van der Waals surface area contributed by atoms with Crippen molar-refractivity contribution in [1.29, 1.82) is 0 Å². The molecular formula is C27H25FN2O3. The van der Waals surface area contributed by atoms with Crippen molar-refractivity contribution < 1.29 is 18.7 Å². The van der Waals surface area contributed by atoms with E-state index >= 15 is 0 Å². The summed E-state index contributed by atoms with van der Waals surface area (Å²) in [5, 5.41) is 3.15. The van der Waals surface area contributed by atoms with Gasteiger partial charge in [0.2, 0.25) is 0 Å². The molecule has 6 heteroatoms. The van der Waals surface area contributed by atoms with Gasteiger partial charge in [0.15, 0.2) is 0 Å². The van der Waals surface area contributed by atoms with Crippen LogP contribution in [0.5, 0.6) is 5.75 Å². The summed E-state index contributed by atoms with van der Waals surface area (Å²) in [6.07, 6.45) is 0.438. The first kappa shape index (κ1) is 22.3. The van der Waals surface area contributed by atoms with Crippen LogP contribution >= 0.6 is 0 Å². The van der Waals surface area contributed by atoms with E-state index in [1.165, 1.54) is 17.0 Å². The van der Waals surface area contributed by atoms with E-state index in [1.54, 1.807) is 43.5 Å². The Kier molecular flexibility index (Phi) is 6.27. The number of benzene rings is 3. The van der Waals surface area contributed by atoms with Crippen LogP contribution in [0.2, 0.25) is 0 Å². The first-order chi connectivity index (χ1) is 15.9. The van der Waals surface area contributed by atoms with E-state index in [4.69, 9.17) is 4.74 Å². The van der Waals surface area contributed by atoms with Crippen molar-refractivity contribution in [1.82, 2.24) is 4.90 Å². The van der Waals surface area contributed by atoms with E-state index in [9.17, 15) is 14.0 Å². The number of methoxy groups -OCH3 is 1. The van der Waals surface area contributed by atoms with Gasteiger partial charge in [-0.2, -0.15) is 0 Å². The van der Waals surface area contributed by atoms with E-state index in [0.717, 1.165) is 16.7 Å². The van der Waals surface area contributed by atoms with E-state index < -0.39 is 0 Å². The standard InChI is InChI=1S/C27H25FN2O3/c1-17-4-7-20(16-18(17)2)24-25(29-22-10-12-23(33-3)13-11-22)27(32)30(26(24)31)15-14-19-5-8-21(28)9-6-19/h4-13,16,29H,14-15H2,1-3H3. The number of halogens is 1. The Morgan fingerprint density at radius 2 is 1.58 bits per heavy atom. The predicted molar refractivity (Wildman–Crippen MR) is 126 cm³/mol. The highest BCUT2D eigenvalue weighted by Gasteiger charge is 2.39. The third-order valence-corrected chi connectivity index (χ3v) is 5.86. The highest BCUT2D eigenvalue weighted by molar-refractivity contribution is 6.36. The number of anilines is 1. The van der Waals surface area contributed by atoms with Gasteiger partial charge in [0.1, 0.15) is 17.3 Å². The van der Waals surface area contributed by atoms with E-state index in [2.05, 4.69) is 5.32 Å². The van der Waals surface area contributed by atoms with E-state index in [-0.39, 0.29) is 29.9 Å². The molecule has 1 N–H and O–H groups in total. The molecule has 2 amide bonds. The molecule has 0 fully saturated rings. The zero-order chi connectivity index (χ0) is 23.5. The zero-order valence-electron chi connectivity index (χ0n) is 18.8. The Balaban J connectivity index is 1.67. The average molecular weight is 445 g/mol. The minimum Gasteiger partial charge on any atom is -0.497 e. The normalized spacial score (nSPS) is 13.6. The first-order valence-corrected chi connectivity index (χ1v) is 10.7. The third kappa shape index (κ3) is 4.65. The third-order valence-electron chi connectivity index (χ3n) is 5.86. The number of imide groups is 1. The molecule has 0 aromatic heterocycles. The van der Waals surface area contributed by atoms with Gasteiger partial charge in [-0.1, -0.05) is 30.3 Å². The Morgan fingerprint density at radius 1 is 0.879 bits per heavy atom. The van der Waals surface area contributed by atoms with Gasteiger partial charge in [-0.25, -0.2) is 4.39 Å². The molecule has 0 aliphatic carbocycles. The maximum Gasteiger partial charge on any atom is 0.278 e. The minimum absolute atomic E-state index is 0.200. The number of hydrogen-bond donors (Lipinski definition) is 1. The average Bonchev–Trinajstić information content (AvgIpc) is 3.05. The fraction of sp³-hybridized carbons (Fsp3) is 0.185. The lowest BCUT2D eigenvalue weighted by molar-refractivity contribution is -0.136. The van der Waals surface area contributed by atoms with Gasteiger partial charge in [0.25, 0.3) is 11.8 Å². The zero-order valence-corrected chi connectivity index (χ0v) is 18.8. The number of carbonyl (C=O) groups excluding carboxylic acids is 2. The number of ether oxygens (including phenoxy) is 1. The molecule has 5 nitrogen and oxygen atoms in total. The second kappa shape index (κ2) is 9.28. The largest absolute Gasteiger partial charge is 0.497 e. The molecule has 33 heavy (non-hydrogen) atoms. The summed E-state index contributed by atoms with van der Waals surface area (Å²) in [7, 11) is 1.58. The highest BCUT2D eigenvalue weighted by atomic mass is 19.1. The van der Waals surface area contributed by atoms with Crippen molar-refractivity contribution in [2.75, 3.05) is 19.0 Å². The Morgan fingerprint density at radius 3 is 2.21 bits per heavy atom. The molecule has 3 aromatic rings. The molecule has 0 bridgehead atoms. The fourth-order valence-corrected chi connectivity index (χ4v) is 3.77. The summed E-state index contributed by atoms with van der Waals surface area (Å²) in [5.41, 5.74) is 4.94. The van der Waals surface area contributed by atoms with Gasteiger partial charge in [-0.05, 0) is 78.9 Å². The number of amides is 2. The van der Waals surface area contributed by atoms with Crippen LogP contribution in [0.1, 0.15) is 22.3 Å². The lowest BCUT2D eigenvalue weighted by Gasteiger charge is -2.15. The molecule has 0 saturated heterocycles. The van der Waals surface area contributed by atoms with E-state index in [0.29, 0.717) is 29.0 Å². The van der Waals surface area contributed by atoms with Crippen LogP contribution in [0.25, 0.3) is 5.57 Å². The van der Waals surface area contributed by atoms with Gasteiger partial charge < -0.3 is 10.1 Å². The molecule has 1 heterocycles. The van der Waals surface area contributed by atoms with Crippen molar-refractivity contribution in [3.8, 4) is 5.75 Å². The monoisotopic (exact) mass is 444 g/mol. The number of rotatable bonds is 7. The fourth-order valence-electron chi connectivity index (χ4n) is 3.77. The summed E-state index contributed by atoms with van der Waals surface area (Å²) in [5.74, 6) is -0.358. The van der Waals surface area contributed by atoms with Gasteiger partial charge >= 0.3 is 0 Å². The second-order valence-corrected chi connectivity index (χ2v) is 8.04. The maximum atomic E-state index is 13.4. The van der Waals surface area contributed by atoms with Crippen LogP contribution in [0.15, 0.2) is 72.4 Å². The number of nitrogens with zero attached hydrogens (tertiary/aromatic N) is 1. The quantitative estimate of drug-likeness (QED) is 0.528. The minimum atomic E-state index is -0.383. The summed E-state index contributed by atoms with van der Waals surface area (Å²) in [6, 6.07) is 19.0. The number of carbonyl (C=O) groups is 2. The van der Waals surface area contributed by atoms with Crippen LogP contribution in [0.4, 0.5) is 10.1 Å². The number of aryl methyl sites for hydroxylation is 2. The smallest absolute Gasteiger partial charge is 0.278 e. The SMILES string of the molecule is COc1ccc(NC2=C(c3ccc(C)c(C)c3)C(=O)N(CCc3ccc(F)cc3)C2=O)cc1. The first-order valence-electron chi connectivity index (χ1n) is 10.7. The molecule has 0 atom stereocenters. The Bertz CT molecular complexity index is 1230. The second-order valence-electron chi connectivity index (χ2n) is 8.04. The lowest BCUT2D eigenvalue weighted by atomic mass is 9.99. The van der Waals surface area contributed by atoms with Crippen LogP contribution in [-0.4, -0.2) is 30.4 Å². The summed E-state index contributed by atoms with van der Waals surface area (Å²) >= 11 is 0. The van der Waals surface area contributed by atoms with Gasteiger partial charge in [-0.3, -0.25) is 14.5 Å². The molecule has 4 rings (SSSR count). The van der Waals surface area contributed by atoms with Crippen molar-refractivity contribution in [2.24, 2.45) is 0 Å².